The molecule has 2 saturated heterocycles. The van der Waals surface area contributed by atoms with Gasteiger partial charge in [-0.1, -0.05) is 0 Å². The van der Waals surface area contributed by atoms with Crippen molar-refractivity contribution in [3.8, 4) is 0 Å². The maximum Gasteiger partial charge on any atom is 0.0861 e. The van der Waals surface area contributed by atoms with Gasteiger partial charge in [-0.2, -0.15) is 0 Å². The number of rotatable bonds is 1. The minimum atomic E-state index is 0.370. The van der Waals surface area contributed by atoms with Gasteiger partial charge in [0.15, 0.2) is 0 Å². The summed E-state index contributed by atoms with van der Waals surface area (Å²) in [6.45, 7) is 4.56. The fourth-order valence-corrected chi connectivity index (χ4v) is 1.35. The van der Waals surface area contributed by atoms with E-state index in [9.17, 15) is 0 Å². The summed E-state index contributed by atoms with van der Waals surface area (Å²) in [5.74, 6) is 0.709. The number of nitrogens with one attached hydrogen (secondary N) is 1. The first kappa shape index (κ1) is 6.58. The zero-order valence-electron chi connectivity index (χ0n) is 6.01. The quantitative estimate of drug-likeness (QED) is 0.543. The molecule has 2 heterocycles. The van der Waals surface area contributed by atoms with Crippen LogP contribution < -0.4 is 5.32 Å². The molecule has 0 saturated carbocycles. The molecule has 2 fully saturated rings. The molecule has 0 aromatic heterocycles. The molecule has 3 heteroatoms. The van der Waals surface area contributed by atoms with Gasteiger partial charge in [-0.3, -0.25) is 0 Å². The van der Waals surface area contributed by atoms with Crippen LogP contribution in [0.2, 0.25) is 0 Å². The van der Waals surface area contributed by atoms with Gasteiger partial charge in [0.25, 0.3) is 0 Å². The highest BCUT2D eigenvalue weighted by Crippen LogP contribution is 2.15. The van der Waals surface area contributed by atoms with Gasteiger partial charge >= 0.3 is 0 Å². The summed E-state index contributed by atoms with van der Waals surface area (Å²) in [6, 6.07) is 0. The van der Waals surface area contributed by atoms with Gasteiger partial charge in [0.05, 0.1) is 25.9 Å². The standard InChI is InChI=1S/C7H13NO2/c1-2-10-7(5-9-1)6-3-8-4-6/h6-8H,1-5H2. The van der Waals surface area contributed by atoms with E-state index in [2.05, 4.69) is 5.32 Å². The van der Waals surface area contributed by atoms with Crippen molar-refractivity contribution in [1.82, 2.24) is 5.32 Å². The first-order valence-electron chi connectivity index (χ1n) is 3.87. The van der Waals surface area contributed by atoms with Gasteiger partial charge in [-0.05, 0) is 0 Å². The van der Waals surface area contributed by atoms with Crippen molar-refractivity contribution >= 4 is 0 Å². The number of hydrogen-bond donors (Lipinski definition) is 1. The summed E-state index contributed by atoms with van der Waals surface area (Å²) in [5.41, 5.74) is 0. The Balaban J connectivity index is 1.78. The molecule has 1 atom stereocenters. The lowest BCUT2D eigenvalue weighted by Crippen LogP contribution is -2.52. The molecule has 58 valence electrons. The van der Waals surface area contributed by atoms with Crippen molar-refractivity contribution < 1.29 is 9.47 Å². The first-order chi connectivity index (χ1) is 4.97. The Morgan fingerprint density at radius 1 is 1.20 bits per heavy atom. The van der Waals surface area contributed by atoms with Crippen LogP contribution in [0.25, 0.3) is 0 Å². The SMILES string of the molecule is C1COC(C2CNC2)CO1. The molecule has 0 aromatic rings. The van der Waals surface area contributed by atoms with Crippen LogP contribution in [0.1, 0.15) is 0 Å². The molecule has 0 aromatic carbocycles. The van der Waals surface area contributed by atoms with Crippen LogP contribution in [0.5, 0.6) is 0 Å². The topological polar surface area (TPSA) is 30.5 Å². The molecule has 0 spiro atoms. The van der Waals surface area contributed by atoms with E-state index in [0.717, 1.165) is 32.9 Å². The zero-order valence-corrected chi connectivity index (χ0v) is 6.01. The van der Waals surface area contributed by atoms with Crippen LogP contribution in [0.15, 0.2) is 0 Å². The third-order valence-electron chi connectivity index (χ3n) is 2.18. The van der Waals surface area contributed by atoms with Crippen LogP contribution in [-0.4, -0.2) is 39.0 Å². The minimum Gasteiger partial charge on any atom is -0.376 e. The van der Waals surface area contributed by atoms with Crippen molar-refractivity contribution in [3.05, 3.63) is 0 Å². The third-order valence-corrected chi connectivity index (χ3v) is 2.18. The molecular formula is C7H13NO2. The predicted molar refractivity (Wildman–Crippen MR) is 36.9 cm³/mol. The van der Waals surface area contributed by atoms with E-state index in [-0.39, 0.29) is 0 Å². The van der Waals surface area contributed by atoms with E-state index in [4.69, 9.17) is 9.47 Å². The maximum absolute atomic E-state index is 5.52. The van der Waals surface area contributed by atoms with E-state index in [1.807, 2.05) is 0 Å². The zero-order chi connectivity index (χ0) is 6.81. The van der Waals surface area contributed by atoms with Gasteiger partial charge < -0.3 is 14.8 Å². The second-order valence-corrected chi connectivity index (χ2v) is 2.90. The summed E-state index contributed by atoms with van der Waals surface area (Å²) in [4.78, 5) is 0. The van der Waals surface area contributed by atoms with Crippen LogP contribution in [0.4, 0.5) is 0 Å². The van der Waals surface area contributed by atoms with Crippen molar-refractivity contribution in [3.63, 3.8) is 0 Å². The summed E-state index contributed by atoms with van der Waals surface area (Å²) in [6.07, 6.45) is 0.370. The van der Waals surface area contributed by atoms with Crippen LogP contribution in [0.3, 0.4) is 0 Å². The van der Waals surface area contributed by atoms with Gasteiger partial charge in [-0.15, -0.1) is 0 Å². The average molecular weight is 143 g/mol. The van der Waals surface area contributed by atoms with Gasteiger partial charge in [0.1, 0.15) is 0 Å². The molecule has 1 unspecified atom stereocenters. The molecule has 0 bridgehead atoms. The molecule has 3 nitrogen and oxygen atoms in total. The van der Waals surface area contributed by atoms with Crippen molar-refractivity contribution in [2.24, 2.45) is 5.92 Å². The molecule has 0 amide bonds. The third kappa shape index (κ3) is 1.17. The Morgan fingerprint density at radius 3 is 2.60 bits per heavy atom. The Labute approximate surface area is 60.7 Å². The molecule has 0 aliphatic carbocycles. The molecule has 10 heavy (non-hydrogen) atoms. The van der Waals surface area contributed by atoms with E-state index in [1.54, 1.807) is 0 Å². The highest BCUT2D eigenvalue weighted by Gasteiger charge is 2.29. The van der Waals surface area contributed by atoms with E-state index >= 15 is 0 Å². The summed E-state index contributed by atoms with van der Waals surface area (Å²) >= 11 is 0. The van der Waals surface area contributed by atoms with Crippen LogP contribution in [-0.2, 0) is 9.47 Å². The number of hydrogen-bond acceptors (Lipinski definition) is 3. The predicted octanol–water partition coefficient (Wildman–Crippen LogP) is -0.379. The molecule has 2 aliphatic rings. The highest BCUT2D eigenvalue weighted by molar-refractivity contribution is 4.83. The summed E-state index contributed by atoms with van der Waals surface area (Å²) < 4.78 is 10.8. The van der Waals surface area contributed by atoms with Crippen molar-refractivity contribution in [2.45, 2.75) is 6.10 Å². The smallest absolute Gasteiger partial charge is 0.0861 e. The molecule has 2 aliphatic heterocycles. The Hall–Kier alpha value is -0.120. The Kier molecular flexibility index (Phi) is 1.88. The van der Waals surface area contributed by atoms with Gasteiger partial charge in [-0.25, -0.2) is 0 Å². The second kappa shape index (κ2) is 2.86. The summed E-state index contributed by atoms with van der Waals surface area (Å²) in [5, 5.41) is 3.22. The Morgan fingerprint density at radius 2 is 2.10 bits per heavy atom. The lowest BCUT2D eigenvalue weighted by Gasteiger charge is -2.36. The molecule has 0 radical (unpaired) electrons. The lowest BCUT2D eigenvalue weighted by molar-refractivity contribution is -0.118. The van der Waals surface area contributed by atoms with Gasteiger partial charge in [0.2, 0.25) is 0 Å². The monoisotopic (exact) mass is 143 g/mol. The number of ether oxygens (including phenoxy) is 2. The second-order valence-electron chi connectivity index (χ2n) is 2.90. The van der Waals surface area contributed by atoms with Crippen LogP contribution in [0, 0.1) is 5.92 Å². The fourth-order valence-electron chi connectivity index (χ4n) is 1.35. The fraction of sp³-hybridized carbons (Fsp3) is 1.00. The molecular weight excluding hydrogens is 130 g/mol. The van der Waals surface area contributed by atoms with E-state index < -0.39 is 0 Å². The van der Waals surface area contributed by atoms with Crippen molar-refractivity contribution in [1.29, 1.82) is 0 Å². The van der Waals surface area contributed by atoms with E-state index in [0.29, 0.717) is 12.0 Å². The van der Waals surface area contributed by atoms with Gasteiger partial charge in [0, 0.05) is 19.0 Å². The molecule has 2 rings (SSSR count). The molecule has 1 N–H and O–H groups in total. The van der Waals surface area contributed by atoms with Crippen LogP contribution >= 0.6 is 0 Å². The summed E-state index contributed by atoms with van der Waals surface area (Å²) in [7, 11) is 0. The average Bonchev–Trinajstić information content (AvgIpc) is 1.86. The minimum absolute atomic E-state index is 0.370. The normalized spacial score (nSPS) is 35.4. The van der Waals surface area contributed by atoms with E-state index in [1.165, 1.54) is 0 Å². The van der Waals surface area contributed by atoms with Crippen molar-refractivity contribution in [2.75, 3.05) is 32.9 Å². The highest BCUT2D eigenvalue weighted by atomic mass is 16.6. The largest absolute Gasteiger partial charge is 0.376 e. The Bertz CT molecular complexity index is 108. The maximum atomic E-state index is 5.52. The first-order valence-corrected chi connectivity index (χ1v) is 3.87. The lowest BCUT2D eigenvalue weighted by atomic mass is 9.96.